The Kier molecular flexibility index (Phi) is 5.29. The van der Waals surface area contributed by atoms with Gasteiger partial charge in [-0.2, -0.15) is 0 Å². The van der Waals surface area contributed by atoms with Gasteiger partial charge >= 0.3 is 0 Å². The lowest BCUT2D eigenvalue weighted by molar-refractivity contribution is 0.102. The fourth-order valence-electron chi connectivity index (χ4n) is 2.34. The van der Waals surface area contributed by atoms with E-state index in [1.807, 2.05) is 31.2 Å². The second-order valence-corrected chi connectivity index (χ2v) is 6.10. The first-order valence-corrected chi connectivity index (χ1v) is 8.31. The lowest BCUT2D eigenvalue weighted by Gasteiger charge is -2.10. The summed E-state index contributed by atoms with van der Waals surface area (Å²) in [5.41, 5.74) is 2.65. The summed E-state index contributed by atoms with van der Waals surface area (Å²) in [7, 11) is 0. The lowest BCUT2D eigenvalue weighted by atomic mass is 10.1. The van der Waals surface area contributed by atoms with Crippen molar-refractivity contribution in [2.75, 3.05) is 10.6 Å². The van der Waals surface area contributed by atoms with Gasteiger partial charge in [-0.05, 0) is 48.9 Å². The number of carbonyl (C=O) groups is 2. The molecule has 0 aliphatic heterocycles. The molecule has 2 aromatic carbocycles. The summed E-state index contributed by atoms with van der Waals surface area (Å²) in [5, 5.41) is 6.07. The molecule has 0 radical (unpaired) electrons. The molecule has 0 atom stereocenters. The number of rotatable bonds is 4. The summed E-state index contributed by atoms with van der Waals surface area (Å²) in [6.45, 7) is 1.87. The van der Waals surface area contributed by atoms with Crippen molar-refractivity contribution < 1.29 is 9.59 Å². The van der Waals surface area contributed by atoms with Crippen LogP contribution in [0, 0.1) is 6.92 Å². The van der Waals surface area contributed by atoms with Crippen molar-refractivity contribution in [1.29, 1.82) is 0 Å². The standard InChI is InChI=1S/C20H16ClN3O2/c1-13-7-8-15(21)12-17(13)24-19(25)14-9-10-22-18(11-14)20(26)23-16-5-3-2-4-6-16/h2-12H,1H3,(H,23,26)(H,24,25). The van der Waals surface area contributed by atoms with Gasteiger partial charge in [0.15, 0.2) is 0 Å². The number of anilines is 2. The molecule has 5 nitrogen and oxygen atoms in total. The largest absolute Gasteiger partial charge is 0.322 e. The van der Waals surface area contributed by atoms with Crippen molar-refractivity contribution in [1.82, 2.24) is 4.98 Å². The SMILES string of the molecule is Cc1ccc(Cl)cc1NC(=O)c1ccnc(C(=O)Nc2ccccc2)c1. The Bertz CT molecular complexity index is 958. The zero-order valence-corrected chi connectivity index (χ0v) is 14.7. The number of hydrogen-bond donors (Lipinski definition) is 2. The molecule has 0 saturated carbocycles. The highest BCUT2D eigenvalue weighted by molar-refractivity contribution is 6.31. The van der Waals surface area contributed by atoms with Gasteiger partial charge in [0.25, 0.3) is 11.8 Å². The highest BCUT2D eigenvalue weighted by Gasteiger charge is 2.13. The average Bonchev–Trinajstić information content (AvgIpc) is 2.65. The number of nitrogens with zero attached hydrogens (tertiary/aromatic N) is 1. The van der Waals surface area contributed by atoms with Crippen LogP contribution in [-0.4, -0.2) is 16.8 Å². The van der Waals surface area contributed by atoms with E-state index < -0.39 is 0 Å². The molecule has 130 valence electrons. The number of para-hydroxylation sites is 1. The fraction of sp³-hybridized carbons (Fsp3) is 0.0500. The van der Waals surface area contributed by atoms with Crippen LogP contribution in [0.2, 0.25) is 5.02 Å². The van der Waals surface area contributed by atoms with Gasteiger partial charge in [-0.1, -0.05) is 35.9 Å². The predicted molar refractivity (Wildman–Crippen MR) is 103 cm³/mol. The first-order chi connectivity index (χ1) is 12.5. The third kappa shape index (κ3) is 4.26. The van der Waals surface area contributed by atoms with E-state index in [2.05, 4.69) is 15.6 Å². The Morgan fingerprint density at radius 2 is 1.69 bits per heavy atom. The van der Waals surface area contributed by atoms with Gasteiger partial charge in [-0.25, -0.2) is 0 Å². The summed E-state index contributed by atoms with van der Waals surface area (Å²) in [6.07, 6.45) is 1.43. The monoisotopic (exact) mass is 365 g/mol. The first kappa shape index (κ1) is 17.6. The van der Waals surface area contributed by atoms with E-state index in [4.69, 9.17) is 11.6 Å². The molecule has 0 unspecified atom stereocenters. The molecule has 2 amide bonds. The molecule has 26 heavy (non-hydrogen) atoms. The van der Waals surface area contributed by atoms with Crippen LogP contribution < -0.4 is 10.6 Å². The van der Waals surface area contributed by atoms with Gasteiger partial charge in [0.1, 0.15) is 5.69 Å². The molecule has 0 fully saturated rings. The topological polar surface area (TPSA) is 71.1 Å². The Hall–Kier alpha value is -3.18. The molecule has 0 aliphatic rings. The van der Waals surface area contributed by atoms with Crippen molar-refractivity contribution in [2.24, 2.45) is 0 Å². The zero-order chi connectivity index (χ0) is 18.5. The fourth-order valence-corrected chi connectivity index (χ4v) is 2.51. The van der Waals surface area contributed by atoms with Crippen molar-refractivity contribution in [2.45, 2.75) is 6.92 Å². The van der Waals surface area contributed by atoms with E-state index in [-0.39, 0.29) is 17.5 Å². The molecule has 3 rings (SSSR count). The van der Waals surface area contributed by atoms with Gasteiger partial charge in [-0.15, -0.1) is 0 Å². The minimum absolute atomic E-state index is 0.157. The number of hydrogen-bond acceptors (Lipinski definition) is 3. The number of pyridine rings is 1. The van der Waals surface area contributed by atoms with Crippen LogP contribution in [-0.2, 0) is 0 Å². The summed E-state index contributed by atoms with van der Waals surface area (Å²) in [6, 6.07) is 17.3. The van der Waals surface area contributed by atoms with E-state index in [1.54, 1.807) is 30.3 Å². The third-order valence-corrected chi connectivity index (χ3v) is 3.97. The lowest BCUT2D eigenvalue weighted by Crippen LogP contribution is -2.17. The number of benzene rings is 2. The molecular weight excluding hydrogens is 350 g/mol. The van der Waals surface area contributed by atoms with Crippen molar-refractivity contribution in [3.63, 3.8) is 0 Å². The molecule has 3 aromatic rings. The number of halogens is 1. The molecule has 0 saturated heterocycles. The number of aromatic nitrogens is 1. The molecule has 1 heterocycles. The van der Waals surface area contributed by atoms with Crippen LogP contribution in [0.4, 0.5) is 11.4 Å². The zero-order valence-electron chi connectivity index (χ0n) is 14.0. The van der Waals surface area contributed by atoms with Crippen LogP contribution in [0.1, 0.15) is 26.4 Å². The highest BCUT2D eigenvalue weighted by atomic mass is 35.5. The Morgan fingerprint density at radius 3 is 2.46 bits per heavy atom. The molecule has 6 heteroatoms. The first-order valence-electron chi connectivity index (χ1n) is 7.93. The number of aryl methyl sites for hydroxylation is 1. The van der Waals surface area contributed by atoms with E-state index in [0.29, 0.717) is 22.0 Å². The summed E-state index contributed by atoms with van der Waals surface area (Å²) in [4.78, 5) is 28.9. The maximum Gasteiger partial charge on any atom is 0.274 e. The summed E-state index contributed by atoms with van der Waals surface area (Å²) in [5.74, 6) is -0.726. The van der Waals surface area contributed by atoms with Crippen LogP contribution in [0.25, 0.3) is 0 Å². The molecule has 1 aromatic heterocycles. The molecule has 0 bridgehead atoms. The van der Waals surface area contributed by atoms with Gasteiger partial charge in [-0.3, -0.25) is 14.6 Å². The van der Waals surface area contributed by atoms with Gasteiger partial charge in [0.2, 0.25) is 0 Å². The Balaban J connectivity index is 1.77. The summed E-state index contributed by atoms with van der Waals surface area (Å²) < 4.78 is 0. The predicted octanol–water partition coefficient (Wildman–Crippen LogP) is 4.55. The van der Waals surface area contributed by atoms with Gasteiger partial charge in [0.05, 0.1) is 0 Å². The van der Waals surface area contributed by atoms with Gasteiger partial charge in [0, 0.05) is 28.2 Å². The van der Waals surface area contributed by atoms with Crippen LogP contribution in [0.15, 0.2) is 66.9 Å². The molecular formula is C20H16ClN3O2. The maximum atomic E-state index is 12.5. The van der Waals surface area contributed by atoms with E-state index in [0.717, 1.165) is 5.56 Å². The average molecular weight is 366 g/mol. The highest BCUT2D eigenvalue weighted by Crippen LogP contribution is 2.21. The molecule has 0 spiro atoms. The second-order valence-electron chi connectivity index (χ2n) is 5.66. The number of carbonyl (C=O) groups excluding carboxylic acids is 2. The number of amides is 2. The minimum Gasteiger partial charge on any atom is -0.322 e. The third-order valence-electron chi connectivity index (χ3n) is 3.73. The van der Waals surface area contributed by atoms with Crippen molar-refractivity contribution in [3.8, 4) is 0 Å². The smallest absolute Gasteiger partial charge is 0.274 e. The maximum absolute atomic E-state index is 12.5. The quantitative estimate of drug-likeness (QED) is 0.712. The molecule has 0 aliphatic carbocycles. The summed E-state index contributed by atoms with van der Waals surface area (Å²) >= 11 is 5.98. The van der Waals surface area contributed by atoms with Crippen molar-refractivity contribution in [3.05, 3.63) is 88.7 Å². The van der Waals surface area contributed by atoms with Crippen molar-refractivity contribution >= 4 is 34.8 Å². The van der Waals surface area contributed by atoms with E-state index in [1.165, 1.54) is 12.3 Å². The van der Waals surface area contributed by atoms with E-state index in [9.17, 15) is 9.59 Å². The Morgan fingerprint density at radius 1 is 0.923 bits per heavy atom. The Labute approximate surface area is 156 Å². The second kappa shape index (κ2) is 7.80. The van der Waals surface area contributed by atoms with E-state index >= 15 is 0 Å². The van der Waals surface area contributed by atoms with Crippen LogP contribution in [0.5, 0.6) is 0 Å². The van der Waals surface area contributed by atoms with Crippen LogP contribution in [0.3, 0.4) is 0 Å². The van der Waals surface area contributed by atoms with Crippen LogP contribution >= 0.6 is 11.6 Å². The minimum atomic E-state index is -0.384. The van der Waals surface area contributed by atoms with Gasteiger partial charge < -0.3 is 10.6 Å². The normalized spacial score (nSPS) is 10.2. The molecule has 2 N–H and O–H groups in total. The number of nitrogens with one attached hydrogen (secondary N) is 2.